The summed E-state index contributed by atoms with van der Waals surface area (Å²) in [7, 11) is 0. The summed E-state index contributed by atoms with van der Waals surface area (Å²) in [5.74, 6) is -1.57. The van der Waals surface area contributed by atoms with Crippen LogP contribution in [0.25, 0.3) is 0 Å². The Kier molecular flexibility index (Phi) is 6.23. The molecule has 0 bridgehead atoms. The minimum Gasteiger partial charge on any atom is -0.391 e. The van der Waals surface area contributed by atoms with Crippen molar-refractivity contribution < 1.29 is 19.2 Å². The van der Waals surface area contributed by atoms with Gasteiger partial charge in [-0.3, -0.25) is 14.9 Å². The predicted octanol–water partition coefficient (Wildman–Crippen LogP) is 2.26. The standard InChI is InChI=1S/C14H19FN2O4/c1-3-9(4-2)13(18)8-16-14(19)11-7-10(17(20)21)5-6-12(11)15/h5-7,9,13,18H,3-4,8H2,1-2H3,(H,16,19). The van der Waals surface area contributed by atoms with Gasteiger partial charge >= 0.3 is 0 Å². The van der Waals surface area contributed by atoms with Crippen molar-refractivity contribution in [2.24, 2.45) is 5.92 Å². The van der Waals surface area contributed by atoms with Crippen molar-refractivity contribution in [1.29, 1.82) is 0 Å². The Hall–Kier alpha value is -2.02. The molecule has 2 N–H and O–H groups in total. The van der Waals surface area contributed by atoms with Crippen molar-refractivity contribution in [3.05, 3.63) is 39.7 Å². The number of aliphatic hydroxyl groups is 1. The van der Waals surface area contributed by atoms with E-state index >= 15 is 0 Å². The Labute approximate surface area is 122 Å². The third-order valence-corrected chi connectivity index (χ3v) is 3.47. The number of benzene rings is 1. The van der Waals surface area contributed by atoms with Gasteiger partial charge in [-0.25, -0.2) is 4.39 Å². The lowest BCUT2D eigenvalue weighted by atomic mass is 9.96. The highest BCUT2D eigenvalue weighted by molar-refractivity contribution is 5.95. The smallest absolute Gasteiger partial charge is 0.270 e. The van der Waals surface area contributed by atoms with Gasteiger partial charge in [-0.15, -0.1) is 0 Å². The van der Waals surface area contributed by atoms with Crippen molar-refractivity contribution in [1.82, 2.24) is 5.32 Å². The summed E-state index contributed by atoms with van der Waals surface area (Å²) in [5.41, 5.74) is -0.761. The number of hydrogen-bond donors (Lipinski definition) is 2. The maximum atomic E-state index is 13.6. The van der Waals surface area contributed by atoms with Gasteiger partial charge in [-0.2, -0.15) is 0 Å². The van der Waals surface area contributed by atoms with E-state index in [9.17, 15) is 24.4 Å². The van der Waals surface area contributed by atoms with Crippen LogP contribution in [0.5, 0.6) is 0 Å². The fraction of sp³-hybridized carbons (Fsp3) is 0.500. The van der Waals surface area contributed by atoms with Gasteiger partial charge in [-0.05, 0) is 12.0 Å². The minimum absolute atomic E-state index is 0.0205. The summed E-state index contributed by atoms with van der Waals surface area (Å²) < 4.78 is 13.6. The first-order valence-corrected chi connectivity index (χ1v) is 6.80. The van der Waals surface area contributed by atoms with Crippen LogP contribution in [0.2, 0.25) is 0 Å². The number of amides is 1. The van der Waals surface area contributed by atoms with Gasteiger partial charge in [0.05, 0.1) is 16.6 Å². The second-order valence-corrected chi connectivity index (χ2v) is 4.78. The minimum atomic E-state index is -0.838. The highest BCUT2D eigenvalue weighted by Gasteiger charge is 2.20. The predicted molar refractivity (Wildman–Crippen MR) is 75.5 cm³/mol. The van der Waals surface area contributed by atoms with Crippen LogP contribution in [0.4, 0.5) is 10.1 Å². The monoisotopic (exact) mass is 298 g/mol. The van der Waals surface area contributed by atoms with E-state index in [1.54, 1.807) is 0 Å². The van der Waals surface area contributed by atoms with Gasteiger partial charge in [0, 0.05) is 18.7 Å². The van der Waals surface area contributed by atoms with Gasteiger partial charge in [0.15, 0.2) is 0 Å². The fourth-order valence-corrected chi connectivity index (χ4v) is 2.09. The van der Waals surface area contributed by atoms with Crippen LogP contribution >= 0.6 is 0 Å². The van der Waals surface area contributed by atoms with Crippen LogP contribution in [-0.2, 0) is 0 Å². The zero-order valence-corrected chi connectivity index (χ0v) is 12.0. The van der Waals surface area contributed by atoms with Crippen LogP contribution in [0.1, 0.15) is 37.0 Å². The van der Waals surface area contributed by atoms with E-state index in [2.05, 4.69) is 5.32 Å². The lowest BCUT2D eigenvalue weighted by Crippen LogP contribution is -2.36. The molecule has 1 unspecified atom stereocenters. The number of aliphatic hydroxyl groups excluding tert-OH is 1. The van der Waals surface area contributed by atoms with E-state index in [-0.39, 0.29) is 18.2 Å². The number of nitro groups is 1. The number of nitrogens with one attached hydrogen (secondary N) is 1. The first-order chi connectivity index (χ1) is 9.90. The molecule has 116 valence electrons. The molecule has 0 aliphatic carbocycles. The molecule has 0 aliphatic heterocycles. The molecule has 7 heteroatoms. The SMILES string of the molecule is CCC(CC)C(O)CNC(=O)c1cc([N+](=O)[O-])ccc1F. The highest BCUT2D eigenvalue weighted by atomic mass is 19.1. The van der Waals surface area contributed by atoms with Crippen LogP contribution in [0.3, 0.4) is 0 Å². The first kappa shape index (κ1) is 17.0. The Morgan fingerprint density at radius 1 is 1.43 bits per heavy atom. The third-order valence-electron chi connectivity index (χ3n) is 3.47. The van der Waals surface area contributed by atoms with Crippen molar-refractivity contribution in [3.8, 4) is 0 Å². The number of non-ortho nitro benzene ring substituents is 1. The summed E-state index contributed by atoms with van der Waals surface area (Å²) in [6.45, 7) is 3.84. The normalized spacial score (nSPS) is 12.2. The fourth-order valence-electron chi connectivity index (χ4n) is 2.09. The Morgan fingerprint density at radius 2 is 2.05 bits per heavy atom. The molecule has 0 fully saturated rings. The Balaban J connectivity index is 2.76. The van der Waals surface area contributed by atoms with E-state index in [1.807, 2.05) is 13.8 Å². The van der Waals surface area contributed by atoms with Gasteiger partial charge in [0.2, 0.25) is 0 Å². The zero-order chi connectivity index (χ0) is 16.0. The summed E-state index contributed by atoms with van der Waals surface area (Å²) in [6, 6.07) is 2.75. The molecule has 0 saturated carbocycles. The molecule has 1 aromatic carbocycles. The van der Waals surface area contributed by atoms with Crippen LogP contribution in [-0.4, -0.2) is 28.6 Å². The number of nitrogens with zero attached hydrogens (tertiary/aromatic N) is 1. The van der Waals surface area contributed by atoms with Gasteiger partial charge in [0.25, 0.3) is 11.6 Å². The zero-order valence-electron chi connectivity index (χ0n) is 12.0. The van der Waals surface area contributed by atoms with Crippen LogP contribution < -0.4 is 5.32 Å². The number of halogens is 1. The van der Waals surface area contributed by atoms with Crippen molar-refractivity contribution in [2.75, 3.05) is 6.54 Å². The van der Waals surface area contributed by atoms with Crippen LogP contribution in [0.15, 0.2) is 18.2 Å². The average Bonchev–Trinajstić information content (AvgIpc) is 2.46. The summed E-state index contributed by atoms with van der Waals surface area (Å²) in [6.07, 6.45) is 0.794. The lowest BCUT2D eigenvalue weighted by molar-refractivity contribution is -0.384. The molecule has 1 aromatic rings. The Morgan fingerprint density at radius 3 is 2.57 bits per heavy atom. The largest absolute Gasteiger partial charge is 0.391 e. The molecule has 0 heterocycles. The third kappa shape index (κ3) is 4.49. The molecule has 0 saturated heterocycles. The molecule has 0 spiro atoms. The second kappa shape index (κ2) is 7.68. The quantitative estimate of drug-likeness (QED) is 0.596. The molecule has 0 aliphatic rings. The van der Waals surface area contributed by atoms with E-state index in [4.69, 9.17) is 0 Å². The van der Waals surface area contributed by atoms with Gasteiger partial charge in [0.1, 0.15) is 5.82 Å². The van der Waals surface area contributed by atoms with E-state index < -0.39 is 28.3 Å². The lowest BCUT2D eigenvalue weighted by Gasteiger charge is -2.20. The molecule has 1 atom stereocenters. The number of rotatable bonds is 7. The summed E-state index contributed by atoms with van der Waals surface area (Å²) in [5, 5.41) is 22.9. The van der Waals surface area contributed by atoms with Crippen molar-refractivity contribution in [3.63, 3.8) is 0 Å². The van der Waals surface area contributed by atoms with E-state index in [0.29, 0.717) is 0 Å². The maximum absolute atomic E-state index is 13.6. The topological polar surface area (TPSA) is 92.5 Å². The van der Waals surface area contributed by atoms with Crippen molar-refractivity contribution in [2.45, 2.75) is 32.8 Å². The molecule has 21 heavy (non-hydrogen) atoms. The maximum Gasteiger partial charge on any atom is 0.270 e. The van der Waals surface area contributed by atoms with Gasteiger partial charge < -0.3 is 10.4 Å². The molecule has 1 rings (SSSR count). The highest BCUT2D eigenvalue weighted by Crippen LogP contribution is 2.17. The van der Waals surface area contributed by atoms with Gasteiger partial charge in [-0.1, -0.05) is 26.7 Å². The molecule has 6 nitrogen and oxygen atoms in total. The first-order valence-electron chi connectivity index (χ1n) is 6.80. The van der Waals surface area contributed by atoms with E-state index in [1.165, 1.54) is 0 Å². The summed E-state index contributed by atoms with van der Waals surface area (Å²) in [4.78, 5) is 21.8. The second-order valence-electron chi connectivity index (χ2n) is 4.78. The molecular formula is C14H19FN2O4. The number of carbonyl (C=O) groups is 1. The Bertz CT molecular complexity index is 518. The molecule has 0 radical (unpaired) electrons. The van der Waals surface area contributed by atoms with Crippen LogP contribution in [0, 0.1) is 21.8 Å². The van der Waals surface area contributed by atoms with Crippen molar-refractivity contribution >= 4 is 11.6 Å². The summed E-state index contributed by atoms with van der Waals surface area (Å²) >= 11 is 0. The molecule has 1 amide bonds. The number of nitro benzene ring substituents is 1. The molecular weight excluding hydrogens is 279 g/mol. The molecule has 0 aromatic heterocycles. The average molecular weight is 298 g/mol. The number of hydrogen-bond acceptors (Lipinski definition) is 4. The number of carbonyl (C=O) groups excluding carboxylic acids is 1. The van der Waals surface area contributed by atoms with E-state index in [0.717, 1.165) is 31.0 Å².